The summed E-state index contributed by atoms with van der Waals surface area (Å²) >= 11 is 13.8. The molecule has 21 heavy (non-hydrogen) atoms. The van der Waals surface area contributed by atoms with E-state index in [1.165, 1.54) is 0 Å². The molecule has 0 spiro atoms. The molecule has 0 saturated heterocycles. The summed E-state index contributed by atoms with van der Waals surface area (Å²) in [6.07, 6.45) is 2.07. The lowest BCUT2D eigenvalue weighted by molar-refractivity contribution is 0.0732. The number of rotatable bonds is 4. The molecule has 0 aliphatic heterocycles. The Morgan fingerprint density at radius 3 is 2.76 bits per heavy atom. The molecule has 110 valence electrons. The molecule has 1 saturated carbocycles. The SMILES string of the molecule is Nc1cc(Cl)c(Cl)c(C(=O)N(Cc2cccs2)C2CC2)c1. The van der Waals surface area contributed by atoms with Crippen LogP contribution in [0.5, 0.6) is 0 Å². The first-order chi connectivity index (χ1) is 10.1. The number of thiophene rings is 1. The van der Waals surface area contributed by atoms with E-state index in [1.54, 1.807) is 23.5 Å². The highest BCUT2D eigenvalue weighted by molar-refractivity contribution is 7.09. The van der Waals surface area contributed by atoms with Gasteiger partial charge in [0.2, 0.25) is 0 Å². The van der Waals surface area contributed by atoms with E-state index in [0.29, 0.717) is 22.8 Å². The summed E-state index contributed by atoms with van der Waals surface area (Å²) in [5.74, 6) is -0.106. The van der Waals surface area contributed by atoms with Gasteiger partial charge in [0.05, 0.1) is 22.2 Å². The maximum Gasteiger partial charge on any atom is 0.256 e. The monoisotopic (exact) mass is 340 g/mol. The van der Waals surface area contributed by atoms with Crippen molar-refractivity contribution in [2.45, 2.75) is 25.4 Å². The van der Waals surface area contributed by atoms with Gasteiger partial charge in [-0.15, -0.1) is 11.3 Å². The smallest absolute Gasteiger partial charge is 0.256 e. The molecule has 3 nitrogen and oxygen atoms in total. The lowest BCUT2D eigenvalue weighted by Gasteiger charge is -2.22. The number of hydrogen-bond donors (Lipinski definition) is 1. The number of hydrogen-bond acceptors (Lipinski definition) is 3. The number of nitrogens with two attached hydrogens (primary N) is 1. The van der Waals surface area contributed by atoms with Crippen LogP contribution in [-0.4, -0.2) is 16.8 Å². The summed E-state index contributed by atoms with van der Waals surface area (Å²) < 4.78 is 0. The minimum atomic E-state index is -0.106. The molecule has 1 aromatic carbocycles. The van der Waals surface area contributed by atoms with Crippen LogP contribution in [0.15, 0.2) is 29.6 Å². The lowest BCUT2D eigenvalue weighted by Crippen LogP contribution is -2.32. The molecule has 0 bridgehead atoms. The second-order valence-corrected chi connectivity index (χ2v) is 6.93. The molecule has 1 amide bonds. The Morgan fingerprint density at radius 2 is 2.14 bits per heavy atom. The third-order valence-electron chi connectivity index (χ3n) is 3.44. The fourth-order valence-corrected chi connectivity index (χ4v) is 3.36. The highest BCUT2D eigenvalue weighted by Gasteiger charge is 2.34. The third-order valence-corrected chi connectivity index (χ3v) is 5.10. The molecule has 1 fully saturated rings. The van der Waals surface area contributed by atoms with E-state index in [-0.39, 0.29) is 17.0 Å². The standard InChI is InChI=1S/C15H14Cl2N2OS/c16-13-7-9(18)6-12(14(13)17)15(20)19(10-3-4-10)8-11-2-1-5-21-11/h1-2,5-7,10H,3-4,8,18H2. The van der Waals surface area contributed by atoms with E-state index in [4.69, 9.17) is 28.9 Å². The molecule has 6 heteroatoms. The average Bonchev–Trinajstić information content (AvgIpc) is 3.16. The van der Waals surface area contributed by atoms with Crippen LogP contribution in [0, 0.1) is 0 Å². The van der Waals surface area contributed by atoms with Crippen molar-refractivity contribution in [2.24, 2.45) is 0 Å². The molecule has 1 aliphatic carbocycles. The molecule has 1 aliphatic rings. The number of nitrogen functional groups attached to an aromatic ring is 1. The van der Waals surface area contributed by atoms with E-state index >= 15 is 0 Å². The minimum Gasteiger partial charge on any atom is -0.399 e. The topological polar surface area (TPSA) is 46.3 Å². The van der Waals surface area contributed by atoms with Crippen molar-refractivity contribution in [1.29, 1.82) is 0 Å². The van der Waals surface area contributed by atoms with Crippen LogP contribution in [0.25, 0.3) is 0 Å². The van der Waals surface area contributed by atoms with Crippen LogP contribution in [0.3, 0.4) is 0 Å². The minimum absolute atomic E-state index is 0.106. The number of carbonyl (C=O) groups excluding carboxylic acids is 1. The first-order valence-corrected chi connectivity index (χ1v) is 8.27. The highest BCUT2D eigenvalue weighted by Crippen LogP contribution is 2.34. The van der Waals surface area contributed by atoms with Gasteiger partial charge < -0.3 is 10.6 Å². The van der Waals surface area contributed by atoms with Gasteiger partial charge in [-0.2, -0.15) is 0 Å². The van der Waals surface area contributed by atoms with Crippen LogP contribution < -0.4 is 5.73 Å². The zero-order valence-corrected chi connectivity index (χ0v) is 13.5. The van der Waals surface area contributed by atoms with E-state index in [2.05, 4.69) is 0 Å². The molecular weight excluding hydrogens is 327 g/mol. The molecule has 1 aromatic heterocycles. The fraction of sp³-hybridized carbons (Fsp3) is 0.267. The van der Waals surface area contributed by atoms with Gasteiger partial charge in [0.15, 0.2) is 0 Å². The van der Waals surface area contributed by atoms with Crippen molar-refractivity contribution >= 4 is 46.1 Å². The van der Waals surface area contributed by atoms with Gasteiger partial charge >= 0.3 is 0 Å². The summed E-state index contributed by atoms with van der Waals surface area (Å²) in [5, 5.41) is 2.59. The van der Waals surface area contributed by atoms with Crippen molar-refractivity contribution in [2.75, 3.05) is 5.73 Å². The van der Waals surface area contributed by atoms with Crippen molar-refractivity contribution in [1.82, 2.24) is 4.90 Å². The second-order valence-electron chi connectivity index (χ2n) is 5.11. The van der Waals surface area contributed by atoms with Crippen molar-refractivity contribution in [3.05, 3.63) is 50.1 Å². The van der Waals surface area contributed by atoms with E-state index in [9.17, 15) is 4.79 Å². The Morgan fingerprint density at radius 1 is 1.38 bits per heavy atom. The molecule has 0 radical (unpaired) electrons. The Hall–Kier alpha value is -1.23. The normalized spacial score (nSPS) is 14.2. The number of anilines is 1. The largest absolute Gasteiger partial charge is 0.399 e. The van der Waals surface area contributed by atoms with Gasteiger partial charge in [-0.25, -0.2) is 0 Å². The predicted octanol–water partition coefficient (Wildman–Crippen LogP) is 4.44. The summed E-state index contributed by atoms with van der Waals surface area (Å²) in [6.45, 7) is 0.601. The fourth-order valence-electron chi connectivity index (χ4n) is 2.24. The average molecular weight is 341 g/mol. The first-order valence-electron chi connectivity index (χ1n) is 6.64. The number of halogens is 2. The maximum absolute atomic E-state index is 12.8. The summed E-state index contributed by atoms with van der Waals surface area (Å²) in [7, 11) is 0. The van der Waals surface area contributed by atoms with Crippen LogP contribution >= 0.6 is 34.5 Å². The summed E-state index contributed by atoms with van der Waals surface area (Å²) in [5.41, 5.74) is 6.61. The highest BCUT2D eigenvalue weighted by atomic mass is 35.5. The first kappa shape index (κ1) is 14.7. The van der Waals surface area contributed by atoms with E-state index in [1.807, 2.05) is 22.4 Å². The maximum atomic E-state index is 12.8. The summed E-state index contributed by atoms with van der Waals surface area (Å²) in [6, 6.07) is 7.46. The Bertz CT molecular complexity index is 669. The quantitative estimate of drug-likeness (QED) is 0.836. The van der Waals surface area contributed by atoms with E-state index < -0.39 is 0 Å². The number of carbonyl (C=O) groups is 1. The van der Waals surface area contributed by atoms with Gasteiger partial charge in [0.1, 0.15) is 0 Å². The number of amides is 1. The molecule has 0 unspecified atom stereocenters. The lowest BCUT2D eigenvalue weighted by atomic mass is 10.1. The van der Waals surface area contributed by atoms with Crippen LogP contribution in [0.4, 0.5) is 5.69 Å². The van der Waals surface area contributed by atoms with Crippen LogP contribution in [-0.2, 0) is 6.54 Å². The molecule has 0 atom stereocenters. The Labute approximate surface area is 137 Å². The predicted molar refractivity (Wildman–Crippen MR) is 88.1 cm³/mol. The van der Waals surface area contributed by atoms with Gasteiger partial charge in [0.25, 0.3) is 5.91 Å². The van der Waals surface area contributed by atoms with Crippen molar-refractivity contribution < 1.29 is 4.79 Å². The summed E-state index contributed by atoms with van der Waals surface area (Å²) in [4.78, 5) is 15.8. The van der Waals surface area contributed by atoms with Gasteiger partial charge in [-0.3, -0.25) is 4.79 Å². The van der Waals surface area contributed by atoms with Crippen LogP contribution in [0.2, 0.25) is 10.0 Å². The van der Waals surface area contributed by atoms with Crippen LogP contribution in [0.1, 0.15) is 28.1 Å². The van der Waals surface area contributed by atoms with Crippen molar-refractivity contribution in [3.63, 3.8) is 0 Å². The Balaban J connectivity index is 1.91. The second kappa shape index (κ2) is 5.87. The van der Waals surface area contributed by atoms with Gasteiger partial charge in [-0.1, -0.05) is 29.3 Å². The number of nitrogens with zero attached hydrogens (tertiary/aromatic N) is 1. The molecule has 3 rings (SSSR count). The van der Waals surface area contributed by atoms with Gasteiger partial charge in [0, 0.05) is 16.6 Å². The zero-order chi connectivity index (χ0) is 15.0. The number of benzene rings is 1. The molecule has 2 aromatic rings. The molecular formula is C15H14Cl2N2OS. The Kier molecular flexibility index (Phi) is 4.11. The molecule has 1 heterocycles. The van der Waals surface area contributed by atoms with E-state index in [0.717, 1.165) is 17.7 Å². The van der Waals surface area contributed by atoms with Gasteiger partial charge in [-0.05, 0) is 36.4 Å². The van der Waals surface area contributed by atoms with Crippen molar-refractivity contribution in [3.8, 4) is 0 Å². The molecule has 2 N–H and O–H groups in total. The zero-order valence-electron chi connectivity index (χ0n) is 11.2. The third kappa shape index (κ3) is 3.18.